The summed E-state index contributed by atoms with van der Waals surface area (Å²) in [5, 5.41) is 15.8. The van der Waals surface area contributed by atoms with Gasteiger partial charge in [-0.15, -0.1) is 12.4 Å². The maximum atomic E-state index is 12.6. The Labute approximate surface area is 151 Å². The van der Waals surface area contributed by atoms with Crippen LogP contribution in [-0.2, 0) is 0 Å². The predicted octanol–water partition coefficient (Wildman–Crippen LogP) is 2.75. The highest BCUT2D eigenvalue weighted by Crippen LogP contribution is 2.29. The monoisotopic (exact) mass is 357 g/mol. The van der Waals surface area contributed by atoms with E-state index in [1.165, 1.54) is 0 Å². The van der Waals surface area contributed by atoms with Crippen molar-refractivity contribution in [3.63, 3.8) is 0 Å². The van der Waals surface area contributed by atoms with Crippen molar-refractivity contribution in [2.75, 3.05) is 26.2 Å². The van der Waals surface area contributed by atoms with Gasteiger partial charge in [-0.3, -0.25) is 4.79 Å². The quantitative estimate of drug-likeness (QED) is 0.670. The van der Waals surface area contributed by atoms with Crippen LogP contribution < -0.4 is 10.6 Å². The van der Waals surface area contributed by atoms with Crippen LogP contribution in [0.4, 0.5) is 0 Å². The second-order valence-corrected chi connectivity index (χ2v) is 6.65. The molecule has 0 aliphatic carbocycles. The summed E-state index contributed by atoms with van der Waals surface area (Å²) in [4.78, 5) is 12.6. The van der Waals surface area contributed by atoms with Gasteiger partial charge in [0.05, 0.1) is 0 Å². The third-order valence-corrected chi connectivity index (χ3v) is 5.48. The van der Waals surface area contributed by atoms with Gasteiger partial charge in [0.1, 0.15) is 5.69 Å². The van der Waals surface area contributed by atoms with E-state index in [1.54, 1.807) is 0 Å². The molecule has 6 heteroatoms. The van der Waals surface area contributed by atoms with Crippen LogP contribution in [0.25, 0.3) is 0 Å². The van der Waals surface area contributed by atoms with Crippen LogP contribution in [0.1, 0.15) is 62.5 Å². The van der Waals surface area contributed by atoms with Gasteiger partial charge in [-0.05, 0) is 62.7 Å². The first-order valence-corrected chi connectivity index (χ1v) is 8.92. The molecule has 138 valence electrons. The minimum atomic E-state index is -0.00338. The molecule has 1 aromatic rings. The Morgan fingerprint density at radius 3 is 2.62 bits per heavy atom. The summed E-state index contributed by atoms with van der Waals surface area (Å²) >= 11 is 0. The van der Waals surface area contributed by atoms with E-state index in [2.05, 4.69) is 29.0 Å². The van der Waals surface area contributed by atoms with Gasteiger partial charge in [0, 0.05) is 25.4 Å². The van der Waals surface area contributed by atoms with Crippen molar-refractivity contribution in [1.82, 2.24) is 15.2 Å². The van der Waals surface area contributed by atoms with Crippen LogP contribution in [0.3, 0.4) is 0 Å². The standard InChI is InChI=1S/C18H31N3O2.ClH/c1-3-18(4-2,9-13-22)14-20-17(23)16-6-5-12-21(16)15-7-10-19-11-8-15;/h5-6,12,15,19,22H,3-4,7-11,13-14H2,1-2H3,(H,20,23);1H. The van der Waals surface area contributed by atoms with E-state index < -0.39 is 0 Å². The maximum Gasteiger partial charge on any atom is 0.267 e. The number of rotatable bonds is 8. The number of hydrogen-bond donors (Lipinski definition) is 3. The van der Waals surface area contributed by atoms with Gasteiger partial charge in [0.15, 0.2) is 0 Å². The van der Waals surface area contributed by atoms with E-state index in [0.29, 0.717) is 12.6 Å². The lowest BCUT2D eigenvalue weighted by Crippen LogP contribution is -2.39. The number of aliphatic hydroxyl groups excluding tert-OH is 1. The molecule has 0 atom stereocenters. The zero-order valence-electron chi connectivity index (χ0n) is 14.9. The zero-order valence-corrected chi connectivity index (χ0v) is 15.7. The van der Waals surface area contributed by atoms with Crippen molar-refractivity contribution in [1.29, 1.82) is 0 Å². The molecular formula is C18H32ClN3O2. The minimum absolute atomic E-state index is 0. The van der Waals surface area contributed by atoms with E-state index in [4.69, 9.17) is 0 Å². The summed E-state index contributed by atoms with van der Waals surface area (Å²) < 4.78 is 2.13. The first kappa shape index (κ1) is 21.0. The smallest absolute Gasteiger partial charge is 0.267 e. The summed E-state index contributed by atoms with van der Waals surface area (Å²) in [6, 6.07) is 4.27. The SMILES string of the molecule is CCC(CC)(CCO)CNC(=O)c1cccn1C1CCNCC1.Cl. The number of nitrogens with one attached hydrogen (secondary N) is 2. The van der Waals surface area contributed by atoms with Crippen LogP contribution in [0, 0.1) is 5.41 Å². The molecule has 24 heavy (non-hydrogen) atoms. The van der Waals surface area contributed by atoms with Crippen molar-refractivity contribution < 1.29 is 9.90 Å². The Bertz CT molecular complexity index is 494. The lowest BCUT2D eigenvalue weighted by Gasteiger charge is -2.31. The van der Waals surface area contributed by atoms with Crippen LogP contribution >= 0.6 is 12.4 Å². The molecule has 1 aliphatic rings. The van der Waals surface area contributed by atoms with Gasteiger partial charge in [-0.2, -0.15) is 0 Å². The van der Waals surface area contributed by atoms with Gasteiger partial charge in [-0.1, -0.05) is 13.8 Å². The van der Waals surface area contributed by atoms with Crippen LogP contribution in [0.15, 0.2) is 18.3 Å². The highest BCUT2D eigenvalue weighted by Gasteiger charge is 2.27. The average molecular weight is 358 g/mol. The van der Waals surface area contributed by atoms with Crippen molar-refractivity contribution in [3.05, 3.63) is 24.0 Å². The number of piperidine rings is 1. The second-order valence-electron chi connectivity index (χ2n) is 6.65. The normalized spacial score (nSPS) is 15.8. The number of halogens is 1. The molecule has 0 aromatic carbocycles. The number of aliphatic hydroxyl groups is 1. The van der Waals surface area contributed by atoms with Crippen molar-refractivity contribution >= 4 is 18.3 Å². The maximum absolute atomic E-state index is 12.6. The highest BCUT2D eigenvalue weighted by molar-refractivity contribution is 5.92. The number of amides is 1. The summed E-state index contributed by atoms with van der Waals surface area (Å²) in [6.07, 6.45) is 6.79. The largest absolute Gasteiger partial charge is 0.396 e. The molecule has 0 unspecified atom stereocenters. The Kier molecular flexibility index (Phi) is 8.81. The van der Waals surface area contributed by atoms with E-state index in [0.717, 1.165) is 50.9 Å². The van der Waals surface area contributed by atoms with Crippen molar-refractivity contribution in [2.45, 2.75) is 52.0 Å². The molecule has 0 bridgehead atoms. The van der Waals surface area contributed by atoms with Crippen LogP contribution in [0.5, 0.6) is 0 Å². The van der Waals surface area contributed by atoms with Gasteiger partial charge in [0.2, 0.25) is 0 Å². The summed E-state index contributed by atoms with van der Waals surface area (Å²) in [7, 11) is 0. The molecule has 2 heterocycles. The van der Waals surface area contributed by atoms with Gasteiger partial charge < -0.3 is 20.3 Å². The van der Waals surface area contributed by atoms with E-state index in [9.17, 15) is 9.90 Å². The average Bonchev–Trinajstić information content (AvgIpc) is 3.09. The predicted molar refractivity (Wildman–Crippen MR) is 99.9 cm³/mol. The molecule has 5 nitrogen and oxygen atoms in total. The Balaban J connectivity index is 0.00000288. The van der Waals surface area contributed by atoms with E-state index >= 15 is 0 Å². The van der Waals surface area contributed by atoms with Crippen LogP contribution in [-0.4, -0.2) is 41.8 Å². The van der Waals surface area contributed by atoms with Gasteiger partial charge in [-0.25, -0.2) is 0 Å². The Hall–Kier alpha value is -1.04. The fraction of sp³-hybridized carbons (Fsp3) is 0.722. The van der Waals surface area contributed by atoms with Crippen LogP contribution in [0.2, 0.25) is 0 Å². The summed E-state index contributed by atoms with van der Waals surface area (Å²) in [5.74, 6) is -0.00209. The lowest BCUT2D eigenvalue weighted by molar-refractivity contribution is 0.0894. The Morgan fingerprint density at radius 2 is 2.04 bits per heavy atom. The summed E-state index contributed by atoms with van der Waals surface area (Å²) in [6.45, 7) is 7.07. The van der Waals surface area contributed by atoms with Crippen molar-refractivity contribution in [2.24, 2.45) is 5.41 Å². The number of carbonyl (C=O) groups is 1. The molecule has 0 saturated carbocycles. The first-order valence-electron chi connectivity index (χ1n) is 8.92. The fourth-order valence-corrected chi connectivity index (χ4v) is 3.53. The van der Waals surface area contributed by atoms with E-state index in [-0.39, 0.29) is 30.3 Å². The second kappa shape index (κ2) is 10.1. The Morgan fingerprint density at radius 1 is 1.38 bits per heavy atom. The fourth-order valence-electron chi connectivity index (χ4n) is 3.53. The number of carbonyl (C=O) groups excluding carboxylic acids is 1. The summed E-state index contributed by atoms with van der Waals surface area (Å²) in [5.41, 5.74) is 0.748. The topological polar surface area (TPSA) is 66.3 Å². The molecular weight excluding hydrogens is 326 g/mol. The highest BCUT2D eigenvalue weighted by atomic mass is 35.5. The molecule has 3 N–H and O–H groups in total. The molecule has 1 aromatic heterocycles. The molecule has 0 radical (unpaired) electrons. The molecule has 0 spiro atoms. The lowest BCUT2D eigenvalue weighted by atomic mass is 9.79. The van der Waals surface area contributed by atoms with Gasteiger partial charge in [0.25, 0.3) is 5.91 Å². The minimum Gasteiger partial charge on any atom is -0.396 e. The van der Waals surface area contributed by atoms with Crippen molar-refractivity contribution in [3.8, 4) is 0 Å². The number of aromatic nitrogens is 1. The first-order chi connectivity index (χ1) is 11.2. The van der Waals surface area contributed by atoms with Gasteiger partial charge >= 0.3 is 0 Å². The zero-order chi connectivity index (χ0) is 16.7. The third kappa shape index (κ3) is 4.98. The third-order valence-electron chi connectivity index (χ3n) is 5.48. The molecule has 1 saturated heterocycles. The molecule has 1 amide bonds. The number of hydrogen-bond acceptors (Lipinski definition) is 3. The van der Waals surface area contributed by atoms with E-state index in [1.807, 2.05) is 18.3 Å². The number of nitrogens with zero attached hydrogens (tertiary/aromatic N) is 1. The molecule has 1 aliphatic heterocycles. The molecule has 1 fully saturated rings. The molecule has 2 rings (SSSR count).